The molecule has 3 heteroatoms. The molecule has 31 heavy (non-hydrogen) atoms. The van der Waals surface area contributed by atoms with Gasteiger partial charge in [-0.2, -0.15) is 0 Å². The molecule has 2 aromatic carbocycles. The number of para-hydroxylation sites is 1. The van der Waals surface area contributed by atoms with Crippen molar-refractivity contribution in [2.24, 2.45) is 11.3 Å². The first-order valence-corrected chi connectivity index (χ1v) is 15.0. The van der Waals surface area contributed by atoms with Crippen molar-refractivity contribution >= 4 is 30.0 Å². The van der Waals surface area contributed by atoms with Crippen molar-refractivity contribution in [3.8, 4) is 0 Å². The van der Waals surface area contributed by atoms with E-state index in [1.165, 1.54) is 21.9 Å². The predicted octanol–water partition coefficient (Wildman–Crippen LogP) is 8.25. The highest BCUT2D eigenvalue weighted by Gasteiger charge is 2.35. The van der Waals surface area contributed by atoms with Crippen molar-refractivity contribution in [3.05, 3.63) is 70.6 Å². The van der Waals surface area contributed by atoms with E-state index in [0.717, 1.165) is 11.2 Å². The summed E-state index contributed by atoms with van der Waals surface area (Å²) in [7, 11) is 0.753. The van der Waals surface area contributed by atoms with Crippen LogP contribution in [0.2, 0.25) is 19.6 Å². The summed E-state index contributed by atoms with van der Waals surface area (Å²) in [5.41, 5.74) is 6.37. The smallest absolute Gasteiger partial charge is 0.135 e. The summed E-state index contributed by atoms with van der Waals surface area (Å²) < 4.78 is 6.13. The van der Waals surface area contributed by atoms with Gasteiger partial charge in [0.2, 0.25) is 0 Å². The Labute approximate surface area is 188 Å². The summed E-state index contributed by atoms with van der Waals surface area (Å²) >= 11 is 0. The van der Waals surface area contributed by atoms with Gasteiger partial charge in [0, 0.05) is 17.8 Å². The van der Waals surface area contributed by atoms with E-state index in [0.29, 0.717) is 5.92 Å². The van der Waals surface area contributed by atoms with Crippen LogP contribution in [0, 0.1) is 18.3 Å². The minimum absolute atomic E-state index is 0.227. The molecule has 0 N–H and O–H groups in total. The monoisotopic (exact) mass is 431 g/mol. The fourth-order valence-electron chi connectivity index (χ4n) is 4.72. The Bertz CT molecular complexity index is 1200. The molecule has 2 atom stereocenters. The number of fused-ring (bicyclic) bond motifs is 3. The Morgan fingerprint density at radius 1 is 1.00 bits per heavy atom. The lowest BCUT2D eigenvalue weighted by molar-refractivity contribution is 0.294. The molecule has 0 spiro atoms. The van der Waals surface area contributed by atoms with Gasteiger partial charge >= 0.3 is 0 Å². The zero-order valence-corrected chi connectivity index (χ0v) is 21.6. The second-order valence-corrected chi connectivity index (χ2v) is 16.5. The van der Waals surface area contributed by atoms with Gasteiger partial charge in [-0.25, -0.2) is 0 Å². The molecule has 0 saturated heterocycles. The molecule has 2 unspecified atom stereocenters. The zero-order chi connectivity index (χ0) is 22.7. The van der Waals surface area contributed by atoms with Gasteiger partial charge in [0.1, 0.15) is 11.2 Å². The van der Waals surface area contributed by atoms with Crippen LogP contribution in [-0.4, -0.2) is 20.0 Å². The first-order valence-electron chi connectivity index (χ1n) is 11.5. The SMILES string of the molecule is Cc1cc2oc3ccccc3c2cc1C1C=C(C(C)C(C)(C)C)C([Si](C)(C)C)=CN1C. The van der Waals surface area contributed by atoms with Crippen LogP contribution < -0.4 is 0 Å². The molecule has 4 rings (SSSR count). The number of nitrogens with zero attached hydrogens (tertiary/aromatic N) is 1. The van der Waals surface area contributed by atoms with Crippen LogP contribution in [0.5, 0.6) is 0 Å². The van der Waals surface area contributed by atoms with Crippen LogP contribution >= 0.6 is 0 Å². The highest BCUT2D eigenvalue weighted by Crippen LogP contribution is 2.44. The molecule has 0 radical (unpaired) electrons. The van der Waals surface area contributed by atoms with Crippen molar-refractivity contribution in [1.82, 2.24) is 4.90 Å². The molecule has 164 valence electrons. The third-order valence-corrected chi connectivity index (χ3v) is 9.11. The lowest BCUT2D eigenvalue weighted by atomic mass is 9.76. The maximum atomic E-state index is 6.13. The number of furan rings is 1. The van der Waals surface area contributed by atoms with Crippen LogP contribution in [0.15, 0.2) is 63.9 Å². The molecule has 0 aliphatic carbocycles. The zero-order valence-electron chi connectivity index (χ0n) is 20.6. The van der Waals surface area contributed by atoms with E-state index in [1.54, 1.807) is 10.8 Å². The van der Waals surface area contributed by atoms with Gasteiger partial charge in [0.05, 0.1) is 14.1 Å². The Hall–Kier alpha value is -2.26. The number of hydrogen-bond acceptors (Lipinski definition) is 2. The summed E-state index contributed by atoms with van der Waals surface area (Å²) in [5, 5.41) is 3.99. The quantitative estimate of drug-likeness (QED) is 0.388. The van der Waals surface area contributed by atoms with Crippen LogP contribution in [0.1, 0.15) is 44.9 Å². The highest BCUT2D eigenvalue weighted by molar-refractivity contribution is 6.84. The van der Waals surface area contributed by atoms with Gasteiger partial charge in [-0.3, -0.25) is 0 Å². The number of allylic oxidation sites excluding steroid dienone is 2. The molecule has 2 nitrogen and oxygen atoms in total. The second kappa shape index (κ2) is 7.41. The van der Waals surface area contributed by atoms with E-state index in [9.17, 15) is 0 Å². The van der Waals surface area contributed by atoms with Crippen LogP contribution in [0.25, 0.3) is 21.9 Å². The molecule has 1 aromatic heterocycles. The third kappa shape index (κ3) is 3.89. The normalized spacial score (nSPS) is 19.0. The van der Waals surface area contributed by atoms with Gasteiger partial charge in [-0.15, -0.1) is 0 Å². The van der Waals surface area contributed by atoms with Crippen LogP contribution in [0.4, 0.5) is 0 Å². The van der Waals surface area contributed by atoms with Crippen molar-refractivity contribution < 1.29 is 4.42 Å². The minimum atomic E-state index is -1.48. The Kier molecular flexibility index (Phi) is 5.24. The minimum Gasteiger partial charge on any atom is -0.456 e. The van der Waals surface area contributed by atoms with Crippen molar-refractivity contribution in [1.29, 1.82) is 0 Å². The lowest BCUT2D eigenvalue weighted by Crippen LogP contribution is -2.36. The fraction of sp³-hybridized carbons (Fsp3) is 0.429. The molecule has 1 aliphatic rings. The average molecular weight is 432 g/mol. The van der Waals surface area contributed by atoms with Crippen molar-refractivity contribution in [2.45, 2.75) is 60.3 Å². The van der Waals surface area contributed by atoms with Crippen LogP contribution in [0.3, 0.4) is 0 Å². The molecule has 1 aliphatic heterocycles. The maximum absolute atomic E-state index is 6.13. The molecular formula is C28H37NOSi. The third-order valence-electron chi connectivity index (χ3n) is 7.08. The standard InChI is InChI=1S/C28H37NOSi/c1-18-14-26-23(20-12-10-11-13-25(20)30-26)15-21(18)24-16-22(19(2)28(3,4)5)27(17-29(24)6)31(7,8)9/h10-17,19,24H,1-9H3. The van der Waals surface area contributed by atoms with Gasteiger partial charge < -0.3 is 9.32 Å². The van der Waals surface area contributed by atoms with Crippen molar-refractivity contribution in [3.63, 3.8) is 0 Å². The van der Waals surface area contributed by atoms with E-state index < -0.39 is 8.07 Å². The van der Waals surface area contributed by atoms with Gasteiger partial charge in [0.15, 0.2) is 0 Å². The van der Waals surface area contributed by atoms with Gasteiger partial charge in [0.25, 0.3) is 0 Å². The predicted molar refractivity (Wildman–Crippen MR) is 137 cm³/mol. The topological polar surface area (TPSA) is 16.4 Å². The molecule has 2 heterocycles. The molecule has 0 bridgehead atoms. The number of rotatable bonds is 3. The van der Waals surface area contributed by atoms with Crippen molar-refractivity contribution in [2.75, 3.05) is 7.05 Å². The summed E-state index contributed by atoms with van der Waals surface area (Å²) in [6, 6.07) is 13.2. The number of benzene rings is 2. The highest BCUT2D eigenvalue weighted by atomic mass is 28.3. The van der Waals surface area contributed by atoms with E-state index in [2.05, 4.69) is 109 Å². The number of hydrogen-bond donors (Lipinski definition) is 0. The summed E-state index contributed by atoms with van der Waals surface area (Å²) in [4.78, 5) is 2.42. The Morgan fingerprint density at radius 3 is 2.32 bits per heavy atom. The fourth-order valence-corrected chi connectivity index (χ4v) is 6.48. The van der Waals surface area contributed by atoms with E-state index in [1.807, 2.05) is 6.07 Å². The summed E-state index contributed by atoms with van der Waals surface area (Å²) in [5.74, 6) is 0.500. The molecular weight excluding hydrogens is 394 g/mol. The van der Waals surface area contributed by atoms with E-state index in [4.69, 9.17) is 4.42 Å². The largest absolute Gasteiger partial charge is 0.456 e. The van der Waals surface area contributed by atoms with Gasteiger partial charge in [-0.05, 0) is 64.6 Å². The number of likely N-dealkylation sites (N-methyl/N-ethyl adjacent to an activating group) is 1. The molecule has 0 fully saturated rings. The van der Waals surface area contributed by atoms with Crippen LogP contribution in [-0.2, 0) is 0 Å². The average Bonchev–Trinajstić information content (AvgIpc) is 3.02. The Balaban J connectivity index is 1.89. The van der Waals surface area contributed by atoms with Gasteiger partial charge in [-0.1, -0.05) is 71.6 Å². The summed E-state index contributed by atoms with van der Waals surface area (Å²) in [6.07, 6.45) is 5.01. The van der Waals surface area contributed by atoms with E-state index in [-0.39, 0.29) is 11.5 Å². The molecule has 3 aromatic rings. The summed E-state index contributed by atoms with van der Waals surface area (Å²) in [6.45, 7) is 19.1. The number of aryl methyl sites for hydroxylation is 1. The van der Waals surface area contributed by atoms with E-state index >= 15 is 0 Å². The molecule has 0 saturated carbocycles. The second-order valence-electron chi connectivity index (χ2n) is 11.4. The Morgan fingerprint density at radius 2 is 1.68 bits per heavy atom. The maximum Gasteiger partial charge on any atom is 0.135 e. The molecule has 0 amide bonds. The first kappa shape index (κ1) is 21.9. The first-order chi connectivity index (χ1) is 14.4. The lowest BCUT2D eigenvalue weighted by Gasteiger charge is -2.41.